The average molecular weight is 138 g/mol. The van der Waals surface area contributed by atoms with Gasteiger partial charge in [0.2, 0.25) is 0 Å². The Labute approximate surface area is 59.8 Å². The maximum absolute atomic E-state index is 4.16. The molecule has 0 radical (unpaired) electrons. The number of rotatable bonds is 0. The molecule has 0 unspecified atom stereocenters. The summed E-state index contributed by atoms with van der Waals surface area (Å²) in [5.41, 5.74) is 0. The summed E-state index contributed by atoms with van der Waals surface area (Å²) in [5.74, 6) is 1.01. The molecule has 10 heavy (non-hydrogen) atoms. The number of nitrogens with one attached hydrogen (secondary N) is 1. The maximum atomic E-state index is 4.16. The van der Waals surface area contributed by atoms with Crippen LogP contribution in [0.25, 0.3) is 0 Å². The highest BCUT2D eigenvalue weighted by Crippen LogP contribution is 2.14. The van der Waals surface area contributed by atoms with E-state index in [1.54, 1.807) is 0 Å². The van der Waals surface area contributed by atoms with Crippen LogP contribution in [0.5, 0.6) is 0 Å². The van der Waals surface area contributed by atoms with Crippen molar-refractivity contribution in [2.24, 2.45) is 4.99 Å². The lowest BCUT2D eigenvalue weighted by Gasteiger charge is -2.29. The van der Waals surface area contributed by atoms with Gasteiger partial charge in [-0.2, -0.15) is 0 Å². The molecule has 2 aliphatic heterocycles. The predicted molar refractivity (Wildman–Crippen MR) is 39.0 cm³/mol. The fraction of sp³-hybridized carbons (Fsp3) is 0.500. The Morgan fingerprint density at radius 3 is 3.40 bits per heavy atom. The molecule has 0 bridgehead atoms. The topological polar surface area (TPSA) is 30.9 Å². The third-order valence-corrected chi connectivity index (χ3v) is 1.70. The summed E-state index contributed by atoms with van der Waals surface area (Å²) >= 11 is 0. The first kappa shape index (κ1) is 5.58. The highest BCUT2D eigenvalue weighted by molar-refractivity contribution is 5.58. The molecule has 0 saturated heterocycles. The van der Waals surface area contributed by atoms with Gasteiger partial charge in [0.05, 0.1) is 6.54 Å². The Morgan fingerprint density at radius 1 is 1.70 bits per heavy atom. The Balaban J connectivity index is 2.24. The van der Waals surface area contributed by atoms with E-state index in [0.717, 1.165) is 18.9 Å². The third kappa shape index (κ3) is 0.650. The van der Waals surface area contributed by atoms with Crippen molar-refractivity contribution in [1.29, 1.82) is 0 Å². The van der Waals surface area contributed by atoms with Gasteiger partial charge < -0.3 is 5.32 Å². The summed E-state index contributed by atoms with van der Waals surface area (Å²) in [6.45, 7) is 2.00. The normalized spacial score (nSPS) is 22.3. The molecule has 0 atom stereocenters. The van der Waals surface area contributed by atoms with Crippen LogP contribution in [0.3, 0.4) is 0 Å². The molecule has 4 nitrogen and oxygen atoms in total. The van der Waals surface area contributed by atoms with Crippen LogP contribution in [-0.4, -0.2) is 36.5 Å². The summed E-state index contributed by atoms with van der Waals surface area (Å²) in [6.07, 6.45) is 3.75. The van der Waals surface area contributed by atoms with E-state index >= 15 is 0 Å². The molecule has 0 aromatic carbocycles. The SMILES string of the molecule is CN1C=NC2=CNCCN21. The lowest BCUT2D eigenvalue weighted by molar-refractivity contribution is 0.131. The first-order valence-electron chi connectivity index (χ1n) is 3.36. The van der Waals surface area contributed by atoms with Gasteiger partial charge in [-0.3, -0.25) is 10.0 Å². The zero-order valence-electron chi connectivity index (χ0n) is 5.91. The van der Waals surface area contributed by atoms with Crippen molar-refractivity contribution in [2.45, 2.75) is 0 Å². The van der Waals surface area contributed by atoms with Gasteiger partial charge in [0.25, 0.3) is 0 Å². The highest BCUT2D eigenvalue weighted by Gasteiger charge is 2.19. The summed E-state index contributed by atoms with van der Waals surface area (Å²) in [4.78, 5) is 4.16. The molecule has 2 aliphatic rings. The molecule has 0 aromatic rings. The van der Waals surface area contributed by atoms with E-state index in [2.05, 4.69) is 15.3 Å². The summed E-state index contributed by atoms with van der Waals surface area (Å²) in [7, 11) is 2.00. The van der Waals surface area contributed by atoms with Crippen LogP contribution in [0.2, 0.25) is 0 Å². The molecule has 4 heteroatoms. The van der Waals surface area contributed by atoms with Gasteiger partial charge >= 0.3 is 0 Å². The fourth-order valence-electron chi connectivity index (χ4n) is 1.15. The largest absolute Gasteiger partial charge is 0.386 e. The van der Waals surface area contributed by atoms with E-state index in [9.17, 15) is 0 Å². The van der Waals surface area contributed by atoms with Crippen LogP contribution >= 0.6 is 0 Å². The van der Waals surface area contributed by atoms with Crippen molar-refractivity contribution in [3.63, 3.8) is 0 Å². The molecular weight excluding hydrogens is 128 g/mol. The van der Waals surface area contributed by atoms with Crippen LogP contribution in [-0.2, 0) is 0 Å². The van der Waals surface area contributed by atoms with Crippen LogP contribution in [0.4, 0.5) is 0 Å². The van der Waals surface area contributed by atoms with E-state index < -0.39 is 0 Å². The van der Waals surface area contributed by atoms with Gasteiger partial charge in [0, 0.05) is 19.8 Å². The van der Waals surface area contributed by atoms with Crippen molar-refractivity contribution >= 4 is 6.34 Å². The number of hydrazine groups is 1. The van der Waals surface area contributed by atoms with E-state index in [-0.39, 0.29) is 0 Å². The second-order valence-electron chi connectivity index (χ2n) is 2.40. The van der Waals surface area contributed by atoms with Crippen LogP contribution in [0.1, 0.15) is 0 Å². The zero-order valence-corrected chi connectivity index (χ0v) is 5.91. The smallest absolute Gasteiger partial charge is 0.164 e. The first-order valence-corrected chi connectivity index (χ1v) is 3.36. The molecule has 0 aromatic heterocycles. The van der Waals surface area contributed by atoms with Gasteiger partial charge in [0.15, 0.2) is 5.82 Å². The van der Waals surface area contributed by atoms with E-state index in [1.807, 2.05) is 24.6 Å². The molecule has 0 amide bonds. The van der Waals surface area contributed by atoms with Crippen LogP contribution in [0.15, 0.2) is 17.0 Å². The number of fused-ring (bicyclic) bond motifs is 1. The average Bonchev–Trinajstić information content (AvgIpc) is 2.34. The minimum Gasteiger partial charge on any atom is -0.386 e. The second kappa shape index (κ2) is 1.90. The van der Waals surface area contributed by atoms with Crippen LogP contribution in [0, 0.1) is 0 Å². The van der Waals surface area contributed by atoms with Crippen molar-refractivity contribution in [3.8, 4) is 0 Å². The van der Waals surface area contributed by atoms with E-state index in [0.29, 0.717) is 0 Å². The van der Waals surface area contributed by atoms with E-state index in [4.69, 9.17) is 0 Å². The molecule has 0 aliphatic carbocycles. The molecule has 2 rings (SSSR count). The third-order valence-electron chi connectivity index (χ3n) is 1.70. The van der Waals surface area contributed by atoms with Crippen molar-refractivity contribution in [2.75, 3.05) is 20.1 Å². The summed E-state index contributed by atoms with van der Waals surface area (Å²) in [5, 5.41) is 7.25. The minimum absolute atomic E-state index is 0.997. The highest BCUT2D eigenvalue weighted by atomic mass is 15.7. The van der Waals surface area contributed by atoms with Gasteiger partial charge in [-0.15, -0.1) is 0 Å². The van der Waals surface area contributed by atoms with Gasteiger partial charge in [-0.1, -0.05) is 0 Å². The number of aliphatic imine (C=N–C) groups is 1. The van der Waals surface area contributed by atoms with Gasteiger partial charge in [0.1, 0.15) is 6.34 Å². The van der Waals surface area contributed by atoms with Gasteiger partial charge in [-0.25, -0.2) is 4.99 Å². The Hall–Kier alpha value is -1.19. The Morgan fingerprint density at radius 2 is 2.60 bits per heavy atom. The van der Waals surface area contributed by atoms with Crippen LogP contribution < -0.4 is 5.32 Å². The summed E-state index contributed by atoms with van der Waals surface area (Å²) in [6, 6.07) is 0. The molecule has 0 spiro atoms. The molecular formula is C6H10N4. The minimum atomic E-state index is 0.997. The molecule has 54 valence electrons. The fourth-order valence-corrected chi connectivity index (χ4v) is 1.15. The molecule has 0 saturated carbocycles. The van der Waals surface area contributed by atoms with Crippen molar-refractivity contribution in [3.05, 3.63) is 12.0 Å². The van der Waals surface area contributed by atoms with Crippen molar-refractivity contribution < 1.29 is 0 Å². The number of hydrogen-bond donors (Lipinski definition) is 1. The number of nitrogens with zero attached hydrogens (tertiary/aromatic N) is 3. The second-order valence-corrected chi connectivity index (χ2v) is 2.40. The van der Waals surface area contributed by atoms with Crippen molar-refractivity contribution in [1.82, 2.24) is 15.3 Å². The Bertz CT molecular complexity index is 196. The molecule has 1 N–H and O–H groups in total. The van der Waals surface area contributed by atoms with E-state index in [1.165, 1.54) is 0 Å². The monoisotopic (exact) mass is 138 g/mol. The standard InChI is InChI=1S/C6H10N4/c1-9-5-8-6-4-7-2-3-10(6)9/h4-5,7H,2-3H2,1H3. The molecule has 0 fully saturated rings. The summed E-state index contributed by atoms with van der Waals surface area (Å²) < 4.78 is 0. The lowest BCUT2D eigenvalue weighted by Crippen LogP contribution is -2.40. The quantitative estimate of drug-likeness (QED) is 0.493. The zero-order chi connectivity index (χ0) is 6.97. The van der Waals surface area contributed by atoms with Gasteiger partial charge in [-0.05, 0) is 0 Å². The Kier molecular flexibility index (Phi) is 1.06. The first-order chi connectivity index (χ1) is 4.88. The predicted octanol–water partition coefficient (Wildman–Crippen LogP) is -0.421. The molecule has 2 heterocycles. The number of hydrogen-bond acceptors (Lipinski definition) is 4. The maximum Gasteiger partial charge on any atom is 0.164 e. The lowest BCUT2D eigenvalue weighted by atomic mass is 10.5.